The summed E-state index contributed by atoms with van der Waals surface area (Å²) in [7, 11) is 0. The lowest BCUT2D eigenvalue weighted by atomic mass is 10.4. The van der Waals surface area contributed by atoms with Gasteiger partial charge in [0.2, 0.25) is 0 Å². The average Bonchev–Trinajstić information content (AvgIpc) is 1.63. The van der Waals surface area contributed by atoms with Gasteiger partial charge in [0, 0.05) is 0 Å². The van der Waals surface area contributed by atoms with E-state index in [-0.39, 0.29) is 11.8 Å². The summed E-state index contributed by atoms with van der Waals surface area (Å²) >= 11 is 0. The smallest absolute Gasteiger partial charge is 0.351 e. The van der Waals surface area contributed by atoms with Gasteiger partial charge in [-0.1, -0.05) is 0 Å². The van der Waals surface area contributed by atoms with Crippen molar-refractivity contribution in [3.8, 4) is 0 Å². The van der Waals surface area contributed by atoms with E-state index in [2.05, 4.69) is 4.74 Å². The van der Waals surface area contributed by atoms with Crippen LogP contribution in [0.4, 0.5) is 0 Å². The van der Waals surface area contributed by atoms with E-state index in [9.17, 15) is 4.79 Å². The highest BCUT2D eigenvalue weighted by atomic mass is 16.5. The second-order valence-electron chi connectivity index (χ2n) is 2.08. The Morgan fingerprint density at radius 3 is 2.11 bits per heavy atom. The Hall–Kier alpha value is -0.860. The van der Waals surface area contributed by atoms with Gasteiger partial charge < -0.3 is 4.74 Å². The minimum atomic E-state index is -0.537. The van der Waals surface area contributed by atoms with Crippen LogP contribution in [0.1, 0.15) is 20.8 Å². The molecule has 1 N–H and O–H groups in total. The number of esters is 1. The van der Waals surface area contributed by atoms with Crippen LogP contribution in [0.25, 0.3) is 0 Å². The molecular weight excluding hydrogens is 118 g/mol. The molecule has 0 aliphatic rings. The van der Waals surface area contributed by atoms with E-state index in [0.29, 0.717) is 0 Å². The first-order valence-electron chi connectivity index (χ1n) is 2.80. The topological polar surface area (TPSA) is 50.2 Å². The van der Waals surface area contributed by atoms with Crippen LogP contribution >= 0.6 is 0 Å². The van der Waals surface area contributed by atoms with Gasteiger partial charge in [-0.2, -0.15) is 0 Å². The molecule has 0 atom stereocenters. The fourth-order valence-electron chi connectivity index (χ4n) is 0.302. The highest BCUT2D eigenvalue weighted by Crippen LogP contribution is 1.88. The first-order chi connectivity index (χ1) is 4.04. The van der Waals surface area contributed by atoms with Crippen LogP contribution in [-0.4, -0.2) is 17.8 Å². The molecule has 0 amide bonds. The van der Waals surface area contributed by atoms with Gasteiger partial charge in [-0.25, -0.2) is 4.79 Å². The molecule has 0 spiro atoms. The average molecular weight is 129 g/mol. The van der Waals surface area contributed by atoms with Crippen LogP contribution in [0, 0.1) is 5.41 Å². The molecule has 0 saturated heterocycles. The van der Waals surface area contributed by atoms with Crippen molar-refractivity contribution in [2.45, 2.75) is 26.9 Å². The largest absolute Gasteiger partial charge is 0.459 e. The second kappa shape index (κ2) is 3.22. The predicted octanol–water partition coefficient (Wildman–Crippen LogP) is 0.978. The Labute approximate surface area is 54.5 Å². The lowest BCUT2D eigenvalue weighted by Gasteiger charge is -2.04. The van der Waals surface area contributed by atoms with Crippen molar-refractivity contribution in [2.24, 2.45) is 0 Å². The molecule has 52 valence electrons. The number of hydrogen-bond acceptors (Lipinski definition) is 3. The normalized spacial score (nSPS) is 9.33. The quantitative estimate of drug-likeness (QED) is 0.446. The summed E-state index contributed by atoms with van der Waals surface area (Å²) in [6.07, 6.45) is -0.127. The summed E-state index contributed by atoms with van der Waals surface area (Å²) in [5.74, 6) is -0.537. The third kappa shape index (κ3) is 3.70. The van der Waals surface area contributed by atoms with E-state index in [1.54, 1.807) is 13.8 Å². The minimum Gasteiger partial charge on any atom is -0.459 e. The van der Waals surface area contributed by atoms with Gasteiger partial charge in [-0.15, -0.1) is 0 Å². The zero-order valence-electron chi connectivity index (χ0n) is 5.89. The molecule has 0 rings (SSSR count). The summed E-state index contributed by atoms with van der Waals surface area (Å²) in [6.45, 7) is 4.91. The summed E-state index contributed by atoms with van der Waals surface area (Å²) < 4.78 is 4.65. The van der Waals surface area contributed by atoms with Crippen LogP contribution < -0.4 is 0 Å². The molecule has 9 heavy (non-hydrogen) atoms. The van der Waals surface area contributed by atoms with Crippen molar-refractivity contribution >= 4 is 11.7 Å². The van der Waals surface area contributed by atoms with Gasteiger partial charge in [0.1, 0.15) is 5.71 Å². The molecule has 0 aromatic heterocycles. The van der Waals surface area contributed by atoms with Crippen molar-refractivity contribution < 1.29 is 9.53 Å². The Kier molecular flexibility index (Phi) is 2.91. The molecule has 0 fully saturated rings. The van der Waals surface area contributed by atoms with Crippen LogP contribution in [0.3, 0.4) is 0 Å². The second-order valence-corrected chi connectivity index (χ2v) is 2.08. The molecule has 3 heteroatoms. The SMILES string of the molecule is CC(=N)C(=O)OC(C)C. The molecule has 3 nitrogen and oxygen atoms in total. The highest BCUT2D eigenvalue weighted by Gasteiger charge is 2.05. The molecule has 0 unspecified atom stereocenters. The Morgan fingerprint density at radius 1 is 1.56 bits per heavy atom. The van der Waals surface area contributed by atoms with E-state index < -0.39 is 5.97 Å². The van der Waals surface area contributed by atoms with Gasteiger partial charge in [0.15, 0.2) is 0 Å². The number of rotatable bonds is 2. The van der Waals surface area contributed by atoms with Crippen LogP contribution in [0.2, 0.25) is 0 Å². The van der Waals surface area contributed by atoms with Gasteiger partial charge in [0.25, 0.3) is 0 Å². The first-order valence-corrected chi connectivity index (χ1v) is 2.80. The van der Waals surface area contributed by atoms with Crippen molar-refractivity contribution in [1.29, 1.82) is 5.41 Å². The number of nitrogens with one attached hydrogen (secondary N) is 1. The Bertz CT molecular complexity index is 129. The van der Waals surface area contributed by atoms with Crippen molar-refractivity contribution in [2.75, 3.05) is 0 Å². The fourth-order valence-corrected chi connectivity index (χ4v) is 0.302. The number of ether oxygens (including phenoxy) is 1. The summed E-state index contributed by atoms with van der Waals surface area (Å²) in [6, 6.07) is 0. The van der Waals surface area contributed by atoms with Crippen LogP contribution in [0.5, 0.6) is 0 Å². The van der Waals surface area contributed by atoms with E-state index in [1.807, 2.05) is 0 Å². The van der Waals surface area contributed by atoms with Crippen LogP contribution in [-0.2, 0) is 9.53 Å². The molecular formula is C6H11NO2. The zero-order valence-corrected chi connectivity index (χ0v) is 5.89. The van der Waals surface area contributed by atoms with E-state index in [4.69, 9.17) is 5.41 Å². The van der Waals surface area contributed by atoms with Crippen LogP contribution in [0.15, 0.2) is 0 Å². The van der Waals surface area contributed by atoms with Gasteiger partial charge >= 0.3 is 5.97 Å². The molecule has 0 saturated carbocycles. The van der Waals surface area contributed by atoms with Crippen molar-refractivity contribution in [1.82, 2.24) is 0 Å². The monoisotopic (exact) mass is 129 g/mol. The molecule has 0 aliphatic heterocycles. The van der Waals surface area contributed by atoms with E-state index in [0.717, 1.165) is 0 Å². The molecule has 0 heterocycles. The van der Waals surface area contributed by atoms with Crippen molar-refractivity contribution in [3.63, 3.8) is 0 Å². The lowest BCUT2D eigenvalue weighted by molar-refractivity contribution is -0.139. The molecule has 0 bridgehead atoms. The van der Waals surface area contributed by atoms with Gasteiger partial charge in [-0.05, 0) is 20.8 Å². The number of hydrogen-bond donors (Lipinski definition) is 1. The maximum absolute atomic E-state index is 10.5. The third-order valence-corrected chi connectivity index (χ3v) is 0.649. The first kappa shape index (κ1) is 8.14. The fraction of sp³-hybridized carbons (Fsp3) is 0.667. The van der Waals surface area contributed by atoms with Gasteiger partial charge in [0.05, 0.1) is 6.10 Å². The molecule has 0 radical (unpaired) electrons. The zero-order chi connectivity index (χ0) is 7.44. The molecule has 0 aromatic rings. The third-order valence-electron chi connectivity index (χ3n) is 0.649. The Balaban J connectivity index is 3.65. The Morgan fingerprint density at radius 2 is 2.00 bits per heavy atom. The number of carbonyl (C=O) groups is 1. The number of carbonyl (C=O) groups excluding carboxylic acids is 1. The summed E-state index contributed by atoms with van der Waals surface area (Å²) in [5.41, 5.74) is -0.0521. The molecule has 0 aromatic carbocycles. The predicted molar refractivity (Wildman–Crippen MR) is 34.6 cm³/mol. The van der Waals surface area contributed by atoms with Gasteiger partial charge in [-0.3, -0.25) is 5.41 Å². The highest BCUT2D eigenvalue weighted by molar-refractivity contribution is 6.34. The summed E-state index contributed by atoms with van der Waals surface area (Å²) in [4.78, 5) is 10.5. The maximum atomic E-state index is 10.5. The van der Waals surface area contributed by atoms with E-state index >= 15 is 0 Å². The summed E-state index contributed by atoms with van der Waals surface area (Å²) in [5, 5.41) is 6.82. The van der Waals surface area contributed by atoms with E-state index in [1.165, 1.54) is 6.92 Å². The minimum absolute atomic E-state index is 0.0521. The van der Waals surface area contributed by atoms with Crippen molar-refractivity contribution in [3.05, 3.63) is 0 Å². The standard InChI is InChI=1S/C6H11NO2/c1-4(2)9-6(8)5(3)7/h4,7H,1-3H3. The molecule has 0 aliphatic carbocycles. The maximum Gasteiger partial charge on any atom is 0.351 e. The lowest BCUT2D eigenvalue weighted by Crippen LogP contribution is -2.17.